The molecule has 1 fully saturated rings. The predicted molar refractivity (Wildman–Crippen MR) is 293 cm³/mol. The molecular weight excluding hydrogens is 1110 g/mol. The first kappa shape index (κ1) is 61.6. The minimum atomic E-state index is -5.04. The molecule has 0 spiro atoms. The number of anilines is 1. The van der Waals surface area contributed by atoms with Crippen LogP contribution in [0, 0.1) is 5.41 Å². The third kappa shape index (κ3) is 14.8. The Morgan fingerprint density at radius 3 is 2.08 bits per heavy atom. The number of benzene rings is 3. The Hall–Kier alpha value is -4.57. The van der Waals surface area contributed by atoms with Gasteiger partial charge in [-0.05, 0) is 103 Å². The van der Waals surface area contributed by atoms with E-state index in [-0.39, 0.29) is 85.4 Å². The van der Waals surface area contributed by atoms with Crippen LogP contribution in [0.2, 0.25) is 0 Å². The van der Waals surface area contributed by atoms with Crippen LogP contribution in [0.1, 0.15) is 102 Å². The Kier molecular flexibility index (Phi) is 19.2. The van der Waals surface area contributed by atoms with Crippen molar-refractivity contribution in [3.63, 3.8) is 0 Å². The number of unbranched alkanes of at least 4 members (excludes halogenated alkanes) is 3. The molecular formula is C51H60ClN4NaO16S4. The fourth-order valence-electron chi connectivity index (χ4n) is 9.99. The molecule has 1 unspecified atom stereocenters. The van der Waals surface area contributed by atoms with Crippen LogP contribution in [-0.2, 0) is 71.5 Å². The standard InChI is InChI=1S/C51H59ClN4O16S4.Na.H/c1-50(2)40-29-36(52)32-54(24-7-9-26-73(60,61)62)49(40)53-43(50)20-16-34(35-14-11-13-33(28-35)12-5-6-15-47(59)72-56-45(57)22-23-46(56)58)17-21-44-51(3,4)48-39-30-37(75(66,67)68)31-42(76(69,70)71)38(39)18-19-41(48)55(44)25-8-10-27-74(63,64)65;;/h11,13-14,16-21,28-32,44H,5-10,12,15,22-27H2,1-4H3,(H,60,61,62)(H,63,64,65)(H,66,67,68)(H,69,70,71);;. The van der Waals surface area contributed by atoms with Crippen molar-refractivity contribution in [3.05, 3.63) is 118 Å². The number of hydrogen-bond donors (Lipinski definition) is 4. The van der Waals surface area contributed by atoms with E-state index >= 15 is 0 Å². The Labute approximate surface area is 475 Å². The summed E-state index contributed by atoms with van der Waals surface area (Å²) in [5, 5.41) is 1.05. The van der Waals surface area contributed by atoms with Crippen molar-refractivity contribution >= 4 is 127 Å². The number of fused-ring (bicyclic) bond motifs is 4. The van der Waals surface area contributed by atoms with E-state index in [1.165, 1.54) is 6.07 Å². The summed E-state index contributed by atoms with van der Waals surface area (Å²) in [6.07, 6.45) is 13.4. The Balaban J connectivity index is 0.00000961. The van der Waals surface area contributed by atoms with Gasteiger partial charge in [0.25, 0.3) is 52.3 Å². The number of aliphatic imine (C=N–C) groups is 1. The summed E-state index contributed by atoms with van der Waals surface area (Å²) in [6, 6.07) is 11.9. The van der Waals surface area contributed by atoms with E-state index in [1.807, 2.05) is 92.1 Å². The second-order valence-corrected chi connectivity index (χ2v) is 26.5. The zero-order chi connectivity index (χ0) is 55.8. The first-order valence-corrected chi connectivity index (χ1v) is 30.8. The summed E-state index contributed by atoms with van der Waals surface area (Å²) >= 11 is 6.63. The zero-order valence-corrected chi connectivity index (χ0v) is 46.1. The van der Waals surface area contributed by atoms with Crippen LogP contribution in [0.15, 0.2) is 116 Å². The molecule has 4 N–H and O–H groups in total. The van der Waals surface area contributed by atoms with Crippen molar-refractivity contribution in [1.29, 1.82) is 0 Å². The van der Waals surface area contributed by atoms with Gasteiger partial charge in [0.2, 0.25) is 0 Å². The third-order valence-corrected chi connectivity index (χ3v) is 17.3. The van der Waals surface area contributed by atoms with Crippen molar-refractivity contribution in [2.75, 3.05) is 29.5 Å². The van der Waals surface area contributed by atoms with Crippen molar-refractivity contribution in [1.82, 2.24) is 9.96 Å². The Bertz CT molecular complexity index is 3520. The van der Waals surface area contributed by atoms with Gasteiger partial charge in [-0.1, -0.05) is 87.9 Å². The molecule has 0 saturated carbocycles. The van der Waals surface area contributed by atoms with Gasteiger partial charge in [0, 0.05) is 66.0 Å². The summed E-state index contributed by atoms with van der Waals surface area (Å²) < 4.78 is 136. The number of rotatable bonds is 22. The predicted octanol–water partition coefficient (Wildman–Crippen LogP) is 7.09. The Morgan fingerprint density at radius 2 is 1.45 bits per heavy atom. The number of aryl methyl sites for hydroxylation is 1. The number of carbonyl (C=O) groups is 3. The van der Waals surface area contributed by atoms with Crippen LogP contribution in [0.4, 0.5) is 5.69 Å². The number of amides is 2. The van der Waals surface area contributed by atoms with Gasteiger partial charge in [0.15, 0.2) is 0 Å². The van der Waals surface area contributed by atoms with E-state index in [0.717, 1.165) is 22.8 Å². The van der Waals surface area contributed by atoms with Crippen molar-refractivity contribution in [3.8, 4) is 0 Å². The number of halogens is 1. The quantitative estimate of drug-likeness (QED) is 0.0256. The van der Waals surface area contributed by atoms with Crippen molar-refractivity contribution in [2.45, 2.75) is 113 Å². The summed E-state index contributed by atoms with van der Waals surface area (Å²) in [5.41, 5.74) is 3.06. The fraction of sp³-hybridized carbons (Fsp3) is 0.412. The van der Waals surface area contributed by atoms with E-state index < -0.39 is 96.4 Å². The minimum absolute atomic E-state index is 0. The molecule has 4 heterocycles. The molecule has 1 atom stereocenters. The molecule has 0 aromatic heterocycles. The second-order valence-electron chi connectivity index (χ2n) is 20.1. The topological polar surface area (TPSA) is 300 Å². The molecule has 412 valence electrons. The molecule has 20 nitrogen and oxygen atoms in total. The van der Waals surface area contributed by atoms with Gasteiger partial charge in [-0.3, -0.25) is 27.8 Å². The van der Waals surface area contributed by atoms with Crippen LogP contribution in [0.3, 0.4) is 0 Å². The summed E-state index contributed by atoms with van der Waals surface area (Å²) in [7, 11) is -18.5. The first-order valence-electron chi connectivity index (χ1n) is 24.3. The number of hydroxylamine groups is 2. The number of hydrogen-bond acceptors (Lipinski definition) is 15. The molecule has 26 heteroatoms. The van der Waals surface area contributed by atoms with E-state index in [2.05, 4.69) is 0 Å². The normalized spacial score (nSPS) is 19.2. The fourth-order valence-corrected chi connectivity index (χ4v) is 12.7. The van der Waals surface area contributed by atoms with E-state index in [4.69, 9.17) is 21.4 Å². The van der Waals surface area contributed by atoms with Crippen LogP contribution in [0.25, 0.3) is 16.3 Å². The van der Waals surface area contributed by atoms with Crippen LogP contribution in [-0.4, -0.2) is 146 Å². The van der Waals surface area contributed by atoms with E-state index in [9.17, 15) is 66.3 Å². The molecule has 0 aliphatic carbocycles. The summed E-state index contributed by atoms with van der Waals surface area (Å²) in [4.78, 5) is 48.8. The average molecular weight is 1170 g/mol. The van der Waals surface area contributed by atoms with Crippen molar-refractivity contribution < 1.29 is 71.1 Å². The van der Waals surface area contributed by atoms with Gasteiger partial charge >= 0.3 is 35.5 Å². The van der Waals surface area contributed by atoms with Crippen molar-refractivity contribution in [2.24, 2.45) is 10.4 Å². The average Bonchev–Trinajstić information content (AvgIpc) is 3.87. The number of imide groups is 1. The van der Waals surface area contributed by atoms with Gasteiger partial charge in [-0.25, -0.2) is 9.79 Å². The Morgan fingerprint density at radius 1 is 0.805 bits per heavy atom. The number of amidine groups is 1. The summed E-state index contributed by atoms with van der Waals surface area (Å²) in [5.74, 6) is -2.15. The van der Waals surface area contributed by atoms with Crippen LogP contribution >= 0.6 is 11.6 Å². The maximum atomic E-state index is 12.8. The summed E-state index contributed by atoms with van der Waals surface area (Å²) in [6.45, 7) is 8.24. The van der Waals surface area contributed by atoms with Crippen LogP contribution < -0.4 is 4.90 Å². The molecule has 7 rings (SSSR count). The number of allylic oxidation sites excluding steroid dienone is 7. The first-order chi connectivity index (χ1) is 35.3. The second kappa shape index (κ2) is 24.0. The molecule has 2 amide bonds. The molecule has 3 aromatic rings. The number of nitrogens with zero attached hydrogens (tertiary/aromatic N) is 4. The van der Waals surface area contributed by atoms with Gasteiger partial charge in [0.05, 0.1) is 33.2 Å². The third-order valence-electron chi connectivity index (χ3n) is 13.8. The monoisotopic (exact) mass is 1170 g/mol. The SMILES string of the molecule is CC1(C)C(=CC=C(C=CC2N(CCCCS(=O)(=O)O)c3ccc4c(S(=O)(=O)O)cc(S(=O)(=O)O)cc4c3C2(C)C)c2cccc(CCCCC(=O)ON3C(=O)CCC3=O)c2)N=C2C1=CC(Cl)=CN2CCCCS(=O)(=O)O.[NaH]. The molecule has 3 aromatic carbocycles. The van der Waals surface area contributed by atoms with Crippen LogP contribution in [0.5, 0.6) is 0 Å². The van der Waals surface area contributed by atoms with Gasteiger partial charge in [-0.15, -0.1) is 5.06 Å². The van der Waals surface area contributed by atoms with Gasteiger partial charge < -0.3 is 14.6 Å². The molecule has 77 heavy (non-hydrogen) atoms. The van der Waals surface area contributed by atoms with Gasteiger partial charge in [-0.2, -0.15) is 33.7 Å². The molecule has 0 radical (unpaired) electrons. The molecule has 4 aliphatic heterocycles. The van der Waals surface area contributed by atoms with E-state index in [0.29, 0.717) is 76.7 Å². The molecule has 4 aliphatic rings. The van der Waals surface area contributed by atoms with Gasteiger partial charge in [0.1, 0.15) is 10.7 Å². The number of carbonyl (C=O) groups excluding carboxylic acids is 3. The molecule has 0 bridgehead atoms. The zero-order valence-electron chi connectivity index (χ0n) is 42.0. The molecule has 1 saturated heterocycles. The van der Waals surface area contributed by atoms with E-state index in [1.54, 1.807) is 12.3 Å². The maximum absolute atomic E-state index is 12.8.